The van der Waals surface area contributed by atoms with Gasteiger partial charge in [-0.1, -0.05) is 0 Å². The molecule has 1 aromatic carbocycles. The standard InChI is InChI=1S/C11H14FNO2S/c1-16-7-6-10(11(14)15)13-9-4-2-8(12)3-5-9/h2-5,10,13H,6-7H2,1H3,(H,14,15). The van der Waals surface area contributed by atoms with Gasteiger partial charge in [0.25, 0.3) is 0 Å². The maximum atomic E-state index is 12.6. The summed E-state index contributed by atoms with van der Waals surface area (Å²) in [4.78, 5) is 10.9. The first kappa shape index (κ1) is 12.8. The van der Waals surface area contributed by atoms with Gasteiger partial charge in [0, 0.05) is 5.69 Å². The van der Waals surface area contributed by atoms with Gasteiger partial charge in [0.05, 0.1) is 0 Å². The van der Waals surface area contributed by atoms with E-state index in [2.05, 4.69) is 5.32 Å². The van der Waals surface area contributed by atoms with Crippen molar-refractivity contribution in [2.75, 3.05) is 17.3 Å². The van der Waals surface area contributed by atoms with E-state index in [1.165, 1.54) is 24.3 Å². The molecule has 0 heterocycles. The summed E-state index contributed by atoms with van der Waals surface area (Å²) in [6.45, 7) is 0. The molecule has 0 radical (unpaired) electrons. The number of carbonyl (C=O) groups is 1. The monoisotopic (exact) mass is 243 g/mol. The Labute approximate surface area is 98.1 Å². The molecule has 16 heavy (non-hydrogen) atoms. The molecule has 1 atom stereocenters. The second-order valence-electron chi connectivity index (χ2n) is 3.32. The van der Waals surface area contributed by atoms with Gasteiger partial charge in [-0.2, -0.15) is 11.8 Å². The van der Waals surface area contributed by atoms with Crippen LogP contribution < -0.4 is 5.32 Å². The largest absolute Gasteiger partial charge is 0.480 e. The van der Waals surface area contributed by atoms with E-state index in [1.807, 2.05) is 6.26 Å². The van der Waals surface area contributed by atoms with E-state index in [1.54, 1.807) is 11.8 Å². The number of thioether (sulfide) groups is 1. The van der Waals surface area contributed by atoms with Crippen LogP contribution in [-0.4, -0.2) is 29.1 Å². The average Bonchev–Trinajstić information content (AvgIpc) is 2.26. The predicted molar refractivity (Wildman–Crippen MR) is 64.4 cm³/mol. The van der Waals surface area contributed by atoms with Crippen molar-refractivity contribution in [3.05, 3.63) is 30.1 Å². The molecule has 1 unspecified atom stereocenters. The minimum Gasteiger partial charge on any atom is -0.480 e. The fraction of sp³-hybridized carbons (Fsp3) is 0.364. The Morgan fingerprint density at radius 2 is 2.12 bits per heavy atom. The molecule has 0 aromatic heterocycles. The Morgan fingerprint density at radius 3 is 2.62 bits per heavy atom. The van der Waals surface area contributed by atoms with E-state index >= 15 is 0 Å². The number of carboxylic acids is 1. The molecule has 0 saturated carbocycles. The van der Waals surface area contributed by atoms with E-state index in [0.717, 1.165) is 5.75 Å². The third kappa shape index (κ3) is 4.10. The number of hydrogen-bond acceptors (Lipinski definition) is 3. The quantitative estimate of drug-likeness (QED) is 0.805. The Kier molecular flexibility index (Phi) is 5.11. The van der Waals surface area contributed by atoms with Crippen molar-refractivity contribution in [1.82, 2.24) is 0 Å². The highest BCUT2D eigenvalue weighted by atomic mass is 32.2. The summed E-state index contributed by atoms with van der Waals surface area (Å²) in [6.07, 6.45) is 2.46. The Balaban J connectivity index is 2.60. The van der Waals surface area contributed by atoms with Gasteiger partial charge in [-0.05, 0) is 42.7 Å². The first-order chi connectivity index (χ1) is 7.63. The van der Waals surface area contributed by atoms with Crippen LogP contribution in [0, 0.1) is 5.82 Å². The Hall–Kier alpha value is -1.23. The highest BCUT2D eigenvalue weighted by Gasteiger charge is 2.16. The summed E-state index contributed by atoms with van der Waals surface area (Å²) in [5, 5.41) is 11.8. The number of anilines is 1. The fourth-order valence-electron chi connectivity index (χ4n) is 1.24. The summed E-state index contributed by atoms with van der Waals surface area (Å²) < 4.78 is 12.6. The summed E-state index contributed by atoms with van der Waals surface area (Å²) >= 11 is 1.60. The van der Waals surface area contributed by atoms with E-state index in [4.69, 9.17) is 5.11 Å². The molecular formula is C11H14FNO2S. The molecule has 0 aliphatic heterocycles. The molecule has 1 aromatic rings. The summed E-state index contributed by atoms with van der Waals surface area (Å²) in [7, 11) is 0. The van der Waals surface area contributed by atoms with Gasteiger partial charge in [-0.25, -0.2) is 9.18 Å². The molecule has 0 bridgehead atoms. The second-order valence-corrected chi connectivity index (χ2v) is 4.31. The molecule has 0 aliphatic carbocycles. The van der Waals surface area contributed by atoms with Gasteiger partial charge >= 0.3 is 5.97 Å². The zero-order valence-electron chi connectivity index (χ0n) is 8.94. The number of carboxylic acid groups (broad SMARTS) is 1. The van der Waals surface area contributed by atoms with Crippen molar-refractivity contribution < 1.29 is 14.3 Å². The van der Waals surface area contributed by atoms with Crippen LogP contribution in [0.25, 0.3) is 0 Å². The second kappa shape index (κ2) is 6.37. The van der Waals surface area contributed by atoms with Crippen molar-refractivity contribution in [2.24, 2.45) is 0 Å². The number of nitrogens with one attached hydrogen (secondary N) is 1. The molecule has 0 spiro atoms. The highest BCUT2D eigenvalue weighted by Crippen LogP contribution is 2.12. The van der Waals surface area contributed by atoms with Crippen LogP contribution in [0.3, 0.4) is 0 Å². The lowest BCUT2D eigenvalue weighted by Crippen LogP contribution is -2.29. The average molecular weight is 243 g/mol. The van der Waals surface area contributed by atoms with Crippen molar-refractivity contribution >= 4 is 23.4 Å². The van der Waals surface area contributed by atoms with Crippen molar-refractivity contribution in [2.45, 2.75) is 12.5 Å². The number of benzene rings is 1. The van der Waals surface area contributed by atoms with E-state index < -0.39 is 12.0 Å². The van der Waals surface area contributed by atoms with E-state index in [9.17, 15) is 9.18 Å². The smallest absolute Gasteiger partial charge is 0.326 e. The molecule has 88 valence electrons. The summed E-state index contributed by atoms with van der Waals surface area (Å²) in [5.41, 5.74) is 0.620. The minimum atomic E-state index is -0.890. The highest BCUT2D eigenvalue weighted by molar-refractivity contribution is 7.98. The molecule has 1 rings (SSSR count). The molecule has 2 N–H and O–H groups in total. The lowest BCUT2D eigenvalue weighted by atomic mass is 10.2. The maximum absolute atomic E-state index is 12.6. The normalized spacial score (nSPS) is 12.1. The van der Waals surface area contributed by atoms with Crippen LogP contribution in [-0.2, 0) is 4.79 Å². The third-order valence-corrected chi connectivity index (χ3v) is 2.74. The molecule has 5 heteroatoms. The fourth-order valence-corrected chi connectivity index (χ4v) is 1.71. The molecular weight excluding hydrogens is 229 g/mol. The molecule has 0 fully saturated rings. The number of halogens is 1. The third-order valence-electron chi connectivity index (χ3n) is 2.09. The van der Waals surface area contributed by atoms with E-state index in [-0.39, 0.29) is 5.82 Å². The summed E-state index contributed by atoms with van der Waals surface area (Å²) in [5.74, 6) is -0.453. The van der Waals surface area contributed by atoms with Crippen LogP contribution in [0.2, 0.25) is 0 Å². The zero-order valence-corrected chi connectivity index (χ0v) is 9.76. The first-order valence-corrected chi connectivity index (χ1v) is 6.26. The van der Waals surface area contributed by atoms with Crippen molar-refractivity contribution in [1.29, 1.82) is 0 Å². The van der Waals surface area contributed by atoms with Crippen LogP contribution >= 0.6 is 11.8 Å². The van der Waals surface area contributed by atoms with Gasteiger partial charge in [0.2, 0.25) is 0 Å². The first-order valence-electron chi connectivity index (χ1n) is 4.87. The number of aliphatic carboxylic acids is 1. The topological polar surface area (TPSA) is 49.3 Å². The number of rotatable bonds is 6. The maximum Gasteiger partial charge on any atom is 0.326 e. The lowest BCUT2D eigenvalue weighted by molar-refractivity contribution is -0.137. The minimum absolute atomic E-state index is 0.332. The summed E-state index contributed by atoms with van der Waals surface area (Å²) in [6, 6.07) is 5.04. The molecule has 0 saturated heterocycles. The van der Waals surface area contributed by atoms with Gasteiger partial charge in [0.15, 0.2) is 0 Å². The Bertz CT molecular complexity index is 342. The van der Waals surface area contributed by atoms with Gasteiger partial charge in [-0.15, -0.1) is 0 Å². The van der Waals surface area contributed by atoms with Gasteiger partial charge in [-0.3, -0.25) is 0 Å². The Morgan fingerprint density at radius 1 is 1.50 bits per heavy atom. The number of hydrogen-bond donors (Lipinski definition) is 2. The SMILES string of the molecule is CSCCC(Nc1ccc(F)cc1)C(=O)O. The molecule has 0 aliphatic rings. The molecule has 3 nitrogen and oxygen atoms in total. The van der Waals surface area contributed by atoms with Crippen LogP contribution in [0.15, 0.2) is 24.3 Å². The van der Waals surface area contributed by atoms with Gasteiger partial charge < -0.3 is 10.4 Å². The van der Waals surface area contributed by atoms with Gasteiger partial charge in [0.1, 0.15) is 11.9 Å². The van der Waals surface area contributed by atoms with Crippen molar-refractivity contribution in [3.8, 4) is 0 Å². The van der Waals surface area contributed by atoms with E-state index in [0.29, 0.717) is 12.1 Å². The van der Waals surface area contributed by atoms with Crippen molar-refractivity contribution in [3.63, 3.8) is 0 Å². The lowest BCUT2D eigenvalue weighted by Gasteiger charge is -2.15. The van der Waals surface area contributed by atoms with Crippen LogP contribution in [0.5, 0.6) is 0 Å². The van der Waals surface area contributed by atoms with Crippen LogP contribution in [0.4, 0.5) is 10.1 Å². The van der Waals surface area contributed by atoms with Crippen LogP contribution in [0.1, 0.15) is 6.42 Å². The zero-order chi connectivity index (χ0) is 12.0. The predicted octanol–water partition coefficient (Wildman–Crippen LogP) is 2.44. The molecule has 0 amide bonds.